The van der Waals surface area contributed by atoms with Crippen LogP contribution < -0.4 is 11.3 Å². The minimum atomic E-state index is -0.358. The van der Waals surface area contributed by atoms with Crippen LogP contribution in [-0.2, 0) is 6.54 Å². The number of fused-ring (bicyclic) bond motifs is 1. The second kappa shape index (κ2) is 10.8. The molecule has 1 amide bonds. The molecule has 0 aliphatic heterocycles. The maximum Gasteiger partial charge on any atom is 0.262 e. The highest BCUT2D eigenvalue weighted by atomic mass is 32.1. The molecule has 0 aliphatic rings. The van der Waals surface area contributed by atoms with Crippen molar-refractivity contribution in [2.45, 2.75) is 39.3 Å². The van der Waals surface area contributed by atoms with Crippen molar-refractivity contribution in [3.8, 4) is 0 Å². The summed E-state index contributed by atoms with van der Waals surface area (Å²) in [5.74, 6) is 0.538. The highest BCUT2D eigenvalue weighted by Gasteiger charge is 2.29. The van der Waals surface area contributed by atoms with E-state index in [1.807, 2.05) is 84.8 Å². The molecule has 176 valence electrons. The van der Waals surface area contributed by atoms with Crippen LogP contribution in [0.15, 0.2) is 70.8 Å². The lowest BCUT2D eigenvalue weighted by Gasteiger charge is -2.32. The third kappa shape index (κ3) is 4.95. The van der Waals surface area contributed by atoms with Crippen molar-refractivity contribution in [2.75, 3.05) is 13.1 Å². The van der Waals surface area contributed by atoms with E-state index in [9.17, 15) is 9.59 Å². The normalized spacial score (nSPS) is 12.1. The van der Waals surface area contributed by atoms with E-state index in [2.05, 4.69) is 0 Å². The van der Waals surface area contributed by atoms with Gasteiger partial charge in [0.05, 0.1) is 18.0 Å². The summed E-state index contributed by atoms with van der Waals surface area (Å²) < 4.78 is 1.73. The molecule has 6 nitrogen and oxygen atoms in total. The maximum absolute atomic E-state index is 13.7. The van der Waals surface area contributed by atoms with E-state index in [1.165, 1.54) is 11.3 Å². The van der Waals surface area contributed by atoms with Crippen LogP contribution in [0.4, 0.5) is 0 Å². The number of carbonyl (C=O) groups excluding carboxylic acids is 1. The summed E-state index contributed by atoms with van der Waals surface area (Å²) in [5, 5.41) is 2.50. The Kier molecular flexibility index (Phi) is 7.55. The number of nitrogens with two attached hydrogens (primary N) is 1. The summed E-state index contributed by atoms with van der Waals surface area (Å²) in [6, 6.07) is 18.9. The Bertz CT molecular complexity index is 1310. The lowest BCUT2D eigenvalue weighted by molar-refractivity contribution is 0.0656. The zero-order valence-electron chi connectivity index (χ0n) is 19.6. The predicted octanol–water partition coefficient (Wildman–Crippen LogP) is 4.76. The lowest BCUT2D eigenvalue weighted by Crippen LogP contribution is -2.40. The summed E-state index contributed by atoms with van der Waals surface area (Å²) >= 11 is 1.45. The minimum absolute atomic E-state index is 0.0768. The summed E-state index contributed by atoms with van der Waals surface area (Å²) in [6.45, 7) is 5.39. The quantitative estimate of drug-likeness (QED) is 0.379. The zero-order valence-corrected chi connectivity index (χ0v) is 20.4. The first-order chi connectivity index (χ1) is 16.5. The lowest BCUT2D eigenvalue weighted by atomic mass is 10.1. The fourth-order valence-corrected chi connectivity index (χ4v) is 4.96. The van der Waals surface area contributed by atoms with Crippen LogP contribution in [0.5, 0.6) is 0 Å². The van der Waals surface area contributed by atoms with Gasteiger partial charge >= 0.3 is 0 Å². The maximum atomic E-state index is 13.7. The molecule has 34 heavy (non-hydrogen) atoms. The molecule has 4 rings (SSSR count). The molecule has 0 radical (unpaired) electrons. The molecule has 2 heterocycles. The number of carbonyl (C=O) groups is 1. The predicted molar refractivity (Wildman–Crippen MR) is 138 cm³/mol. The van der Waals surface area contributed by atoms with Crippen LogP contribution in [0.2, 0.25) is 0 Å². The van der Waals surface area contributed by atoms with Crippen molar-refractivity contribution < 1.29 is 4.79 Å². The molecule has 0 saturated heterocycles. The van der Waals surface area contributed by atoms with Crippen molar-refractivity contribution in [1.82, 2.24) is 14.5 Å². The molecule has 2 N–H and O–H groups in total. The molecular formula is C27H30N4O2S. The topological polar surface area (TPSA) is 81.2 Å². The number of amides is 1. The van der Waals surface area contributed by atoms with Crippen molar-refractivity contribution >= 4 is 27.5 Å². The van der Waals surface area contributed by atoms with Crippen LogP contribution in [0, 0.1) is 6.92 Å². The van der Waals surface area contributed by atoms with E-state index in [0.717, 1.165) is 11.1 Å². The van der Waals surface area contributed by atoms with E-state index in [-0.39, 0.29) is 17.5 Å². The van der Waals surface area contributed by atoms with Crippen LogP contribution in [0.1, 0.15) is 53.1 Å². The molecule has 0 unspecified atom stereocenters. The first kappa shape index (κ1) is 23.9. The number of thiophene rings is 1. The first-order valence-corrected chi connectivity index (χ1v) is 12.5. The van der Waals surface area contributed by atoms with E-state index < -0.39 is 0 Å². The van der Waals surface area contributed by atoms with Gasteiger partial charge < -0.3 is 10.6 Å². The summed E-state index contributed by atoms with van der Waals surface area (Å²) in [7, 11) is 0. The third-order valence-corrected chi connectivity index (χ3v) is 6.83. The second-order valence-corrected chi connectivity index (χ2v) is 9.31. The number of nitrogens with zero attached hydrogens (tertiary/aromatic N) is 3. The molecule has 4 aromatic rings. The summed E-state index contributed by atoms with van der Waals surface area (Å²) in [5.41, 5.74) is 8.47. The van der Waals surface area contributed by atoms with Gasteiger partial charge in [0, 0.05) is 12.1 Å². The van der Waals surface area contributed by atoms with Crippen LogP contribution in [-0.4, -0.2) is 33.4 Å². The van der Waals surface area contributed by atoms with Gasteiger partial charge in [-0.05, 0) is 55.5 Å². The van der Waals surface area contributed by atoms with Crippen LogP contribution >= 0.6 is 11.3 Å². The number of hydrogen-bond donors (Lipinski definition) is 1. The molecule has 0 saturated carbocycles. The van der Waals surface area contributed by atoms with Crippen molar-refractivity contribution in [3.63, 3.8) is 0 Å². The Morgan fingerprint density at radius 1 is 1.12 bits per heavy atom. The number of aryl methyl sites for hydroxylation is 1. The van der Waals surface area contributed by atoms with E-state index in [4.69, 9.17) is 10.7 Å². The van der Waals surface area contributed by atoms with Gasteiger partial charge in [-0.3, -0.25) is 14.2 Å². The number of rotatable bonds is 9. The Balaban J connectivity index is 1.84. The molecular weight excluding hydrogens is 444 g/mol. The van der Waals surface area contributed by atoms with Gasteiger partial charge in [-0.25, -0.2) is 4.98 Å². The highest BCUT2D eigenvalue weighted by molar-refractivity contribution is 7.16. The van der Waals surface area contributed by atoms with Crippen LogP contribution in [0.25, 0.3) is 10.2 Å². The Morgan fingerprint density at radius 3 is 2.53 bits per heavy atom. The molecule has 1 atom stereocenters. The number of benzene rings is 2. The summed E-state index contributed by atoms with van der Waals surface area (Å²) in [6.07, 6.45) is 1.29. The smallest absolute Gasteiger partial charge is 0.262 e. The highest BCUT2D eigenvalue weighted by Crippen LogP contribution is 2.27. The van der Waals surface area contributed by atoms with Gasteiger partial charge in [0.25, 0.3) is 11.5 Å². The average molecular weight is 475 g/mol. The van der Waals surface area contributed by atoms with E-state index >= 15 is 0 Å². The first-order valence-electron chi connectivity index (χ1n) is 11.6. The van der Waals surface area contributed by atoms with Gasteiger partial charge in [-0.15, -0.1) is 11.3 Å². The Morgan fingerprint density at radius 2 is 1.85 bits per heavy atom. The molecule has 0 aliphatic carbocycles. The van der Waals surface area contributed by atoms with Crippen molar-refractivity contribution in [3.05, 3.63) is 98.9 Å². The van der Waals surface area contributed by atoms with Crippen LogP contribution in [0.3, 0.4) is 0 Å². The molecule has 0 spiro atoms. The molecule has 2 aromatic carbocycles. The number of aromatic nitrogens is 2. The second-order valence-electron chi connectivity index (χ2n) is 8.42. The minimum Gasteiger partial charge on any atom is -0.330 e. The van der Waals surface area contributed by atoms with E-state index in [0.29, 0.717) is 54.1 Å². The standard InChI is InChI=1S/C27H30N4O2S/c1-3-23(30(16-7-15-28)26(32)21-12-10-19(2)11-13-21)24-29-25-22(14-17-34-25)27(33)31(24)18-20-8-5-4-6-9-20/h4-6,8-14,17,23H,3,7,15-16,18,28H2,1-2H3/t23-/m1/s1. The SMILES string of the molecule is CC[C@H](c1nc2sccc2c(=O)n1Cc1ccccc1)N(CCCN)C(=O)c1ccc(C)cc1. The average Bonchev–Trinajstić information content (AvgIpc) is 3.33. The molecule has 0 fully saturated rings. The Hall–Kier alpha value is -3.29. The fraction of sp³-hybridized carbons (Fsp3) is 0.296. The van der Waals surface area contributed by atoms with Gasteiger partial charge in [0.1, 0.15) is 10.7 Å². The zero-order chi connectivity index (χ0) is 24.1. The Labute approximate surface area is 203 Å². The molecule has 0 bridgehead atoms. The van der Waals surface area contributed by atoms with Gasteiger partial charge in [-0.1, -0.05) is 55.0 Å². The van der Waals surface area contributed by atoms with Gasteiger partial charge in [0.2, 0.25) is 0 Å². The molecule has 2 aromatic heterocycles. The molecule has 7 heteroatoms. The van der Waals surface area contributed by atoms with Gasteiger partial charge in [0.15, 0.2) is 0 Å². The van der Waals surface area contributed by atoms with Crippen molar-refractivity contribution in [2.24, 2.45) is 5.73 Å². The van der Waals surface area contributed by atoms with E-state index in [1.54, 1.807) is 4.57 Å². The largest absolute Gasteiger partial charge is 0.330 e. The fourth-order valence-electron chi connectivity index (χ4n) is 4.20. The van der Waals surface area contributed by atoms with Gasteiger partial charge in [-0.2, -0.15) is 0 Å². The third-order valence-electron chi connectivity index (χ3n) is 6.02. The number of hydrogen-bond acceptors (Lipinski definition) is 5. The monoisotopic (exact) mass is 474 g/mol. The van der Waals surface area contributed by atoms with Crippen molar-refractivity contribution in [1.29, 1.82) is 0 Å². The summed E-state index contributed by atoms with van der Waals surface area (Å²) in [4.78, 5) is 34.7.